The molecule has 0 aromatic rings. The van der Waals surface area contributed by atoms with Crippen LogP contribution < -0.4 is 5.50 Å². The summed E-state index contributed by atoms with van der Waals surface area (Å²) in [7, 11) is 1.09. The van der Waals surface area contributed by atoms with Gasteiger partial charge >= 0.3 is 55.6 Å². The Morgan fingerprint density at radius 1 is 2.00 bits per heavy atom. The summed E-state index contributed by atoms with van der Waals surface area (Å²) in [4.78, 5) is 0. The second-order valence-corrected chi connectivity index (χ2v) is 9.88. The van der Waals surface area contributed by atoms with Crippen LogP contribution in [0.4, 0.5) is 0 Å². The van der Waals surface area contributed by atoms with Gasteiger partial charge in [-0.2, -0.15) is 0 Å². The van der Waals surface area contributed by atoms with Crippen molar-refractivity contribution in [1.29, 1.82) is 0 Å². The Bertz CT molecular complexity index is 77.6. The fraction of sp³-hybridized carbons (Fsp3) is 0. The first-order valence-corrected chi connectivity index (χ1v) is 7.72. The van der Waals surface area contributed by atoms with Crippen LogP contribution in [-0.4, -0.2) is 0 Å². The number of nitrogens with two attached hydrogens (primary N) is 1. The van der Waals surface area contributed by atoms with Gasteiger partial charge in [-0.3, -0.25) is 0 Å². The van der Waals surface area contributed by atoms with E-state index in [1.54, 1.807) is 18.5 Å². The number of hydrogen-bond donors (Lipinski definition) is 2. The second kappa shape index (κ2) is 2.78. The summed E-state index contributed by atoms with van der Waals surface area (Å²) < 4.78 is 10.2. The van der Waals surface area contributed by atoms with Gasteiger partial charge in [-0.1, -0.05) is 0 Å². The molecule has 0 radical (unpaired) electrons. The van der Waals surface area contributed by atoms with Crippen molar-refractivity contribution in [2.75, 3.05) is 0 Å². The first-order chi connectivity index (χ1) is 2.56. The van der Waals surface area contributed by atoms with E-state index in [1.807, 2.05) is 0 Å². The quantitative estimate of drug-likeness (QED) is 0.399. The average molecular weight is 224 g/mol. The third-order valence-electron chi connectivity index (χ3n) is 0.107. The zero-order valence-corrected chi connectivity index (χ0v) is 7.31. The van der Waals surface area contributed by atoms with Crippen LogP contribution in [0.5, 0.6) is 0 Å². The van der Waals surface area contributed by atoms with Crippen molar-refractivity contribution in [2.45, 2.75) is 0 Å². The Morgan fingerprint density at radius 2 is 2.17 bits per heavy atom. The van der Waals surface area contributed by atoms with Crippen molar-refractivity contribution in [3.63, 3.8) is 0 Å². The predicted molar refractivity (Wildman–Crippen MR) is 28.4 cm³/mol. The van der Waals surface area contributed by atoms with Gasteiger partial charge in [-0.15, -0.1) is 0 Å². The normalized spacial score (nSPS) is 19.7. The van der Waals surface area contributed by atoms with Crippen molar-refractivity contribution in [3.8, 4) is 0 Å². The van der Waals surface area contributed by atoms with Crippen LogP contribution in [0, 0.1) is 0 Å². The first-order valence-electron chi connectivity index (χ1n) is 0.990. The van der Waals surface area contributed by atoms with Gasteiger partial charge in [0.05, 0.1) is 0 Å². The molecule has 2 N–H and O–H groups in total. The third kappa shape index (κ3) is 5.58. The van der Waals surface area contributed by atoms with Crippen LogP contribution in [0.1, 0.15) is 0 Å². The summed E-state index contributed by atoms with van der Waals surface area (Å²) in [6.07, 6.45) is 0. The minimum absolute atomic E-state index is 1.09. The molecule has 0 saturated carbocycles. The van der Waals surface area contributed by atoms with E-state index in [-0.39, 0.29) is 0 Å². The summed E-state index contributed by atoms with van der Waals surface area (Å²) in [5.74, 6) is 0. The van der Waals surface area contributed by atoms with E-state index in [0.29, 0.717) is 0 Å². The van der Waals surface area contributed by atoms with Gasteiger partial charge in [-0.25, -0.2) is 0 Å². The van der Waals surface area contributed by atoms with Gasteiger partial charge in [0.15, 0.2) is 0 Å². The Balaban J connectivity index is 3.48. The van der Waals surface area contributed by atoms with Crippen LogP contribution in [-0.2, 0) is 23.1 Å². The molecule has 0 rings (SSSR count). The van der Waals surface area contributed by atoms with Crippen molar-refractivity contribution in [1.82, 2.24) is 0 Å². The van der Waals surface area contributed by atoms with E-state index in [9.17, 15) is 4.57 Å². The molecule has 0 heterocycles. The molecule has 0 fully saturated rings. The molecule has 0 aliphatic heterocycles. The Morgan fingerprint density at radius 3 is 2.17 bits per heavy atom. The van der Waals surface area contributed by atoms with Crippen molar-refractivity contribution >= 4 is 27.0 Å². The van der Waals surface area contributed by atoms with E-state index in [1.165, 1.54) is 0 Å². The molecule has 0 aromatic heterocycles. The summed E-state index contributed by atoms with van der Waals surface area (Å²) in [5, 5.41) is 0. The summed E-state index contributed by atoms with van der Waals surface area (Å²) in [5.41, 5.74) is 2.39. The molecule has 0 saturated heterocycles. The molecular weight excluding hydrogens is 221 g/mol. The van der Waals surface area contributed by atoms with Crippen molar-refractivity contribution in [2.24, 2.45) is 5.50 Å². The molecule has 1 unspecified atom stereocenters. The Hall–Kier alpha value is 1.58. The first kappa shape index (κ1) is 7.58. The Kier molecular flexibility index (Phi) is 3.51. The zero-order chi connectivity index (χ0) is 5.21. The van der Waals surface area contributed by atoms with Gasteiger partial charge in [0.2, 0.25) is 0 Å². The van der Waals surface area contributed by atoms with Crippen LogP contribution in [0.3, 0.4) is 0 Å². The van der Waals surface area contributed by atoms with E-state index in [0.717, 1.165) is 9.09 Å². The van der Waals surface area contributed by atoms with Crippen molar-refractivity contribution in [3.05, 3.63) is 0 Å². The van der Waals surface area contributed by atoms with Crippen LogP contribution in [0.2, 0.25) is 0 Å². The van der Waals surface area contributed by atoms with Gasteiger partial charge in [0.25, 0.3) is 0 Å². The van der Waals surface area contributed by atoms with E-state index in [2.05, 4.69) is 12.2 Å². The van der Waals surface area contributed by atoms with E-state index in [4.69, 9.17) is 5.50 Å². The molecule has 6 heteroatoms. The summed E-state index contributed by atoms with van der Waals surface area (Å²) >= 11 is 5.15. The number of thiol groups is 1. The molecule has 37 valence electrons. The number of hydrogen-bond acceptors (Lipinski definition) is 2. The standard InChI is InChI=1S/Mo.H4NOPS2/c;1-3(2,4)5/h;(H4,1,2,4,5)/q+1;/p-1. The van der Waals surface area contributed by atoms with Gasteiger partial charge < -0.3 is 0 Å². The zero-order valence-electron chi connectivity index (χ0n) is 2.70. The average Bonchev–Trinajstić information content (AvgIpc) is 1.35. The summed E-state index contributed by atoms with van der Waals surface area (Å²) in [6, 6.07) is 0. The molecular formula is H3MoNOPS2. The molecule has 0 aliphatic rings. The van der Waals surface area contributed by atoms with Crippen LogP contribution in [0.15, 0.2) is 0 Å². The van der Waals surface area contributed by atoms with Gasteiger partial charge in [-0.05, 0) is 0 Å². The third-order valence-corrected chi connectivity index (χ3v) is 9.24. The predicted octanol–water partition coefficient (Wildman–Crippen LogP) is 1.18. The van der Waals surface area contributed by atoms with Crippen LogP contribution >= 0.6 is 27.0 Å². The van der Waals surface area contributed by atoms with Gasteiger partial charge in [0.1, 0.15) is 0 Å². The van der Waals surface area contributed by atoms with E-state index >= 15 is 0 Å². The minimum atomic E-state index is -2.53. The molecule has 0 bridgehead atoms. The second-order valence-electron chi connectivity index (χ2n) is 0.639. The molecule has 1 atom stereocenters. The molecule has 0 aliphatic carbocycles. The van der Waals surface area contributed by atoms with E-state index < -0.39 is 5.70 Å². The fourth-order valence-electron chi connectivity index (χ4n) is 0. The molecule has 0 spiro atoms. The molecule has 0 aromatic carbocycles. The van der Waals surface area contributed by atoms with Crippen LogP contribution in [0.25, 0.3) is 0 Å². The maximum atomic E-state index is 10.2. The van der Waals surface area contributed by atoms with Crippen molar-refractivity contribution < 1.29 is 23.1 Å². The van der Waals surface area contributed by atoms with Gasteiger partial charge in [0, 0.05) is 0 Å². The molecule has 0 amide bonds. The topological polar surface area (TPSA) is 43.1 Å². The molecule has 6 heavy (non-hydrogen) atoms. The fourth-order valence-corrected chi connectivity index (χ4v) is 0. The Labute approximate surface area is 55.6 Å². The monoisotopic (exact) mass is 226 g/mol. The number of rotatable bonds is 1. The summed E-state index contributed by atoms with van der Waals surface area (Å²) in [6.45, 7) is 0. The maximum absolute atomic E-state index is 10.2. The molecule has 2 nitrogen and oxygen atoms in total. The SMILES string of the molecule is NP(=O)(S)[S][Mo].